The number of ether oxygens (including phenoxy) is 1. The molecular formula is C17H25N3O. The fourth-order valence-corrected chi connectivity index (χ4v) is 2.63. The molecule has 2 rings (SSSR count). The summed E-state index contributed by atoms with van der Waals surface area (Å²) in [6.45, 7) is 5.82. The number of methoxy groups -OCH3 is 1. The second-order valence-electron chi connectivity index (χ2n) is 5.47. The third-order valence-electron chi connectivity index (χ3n) is 3.82. The molecule has 21 heavy (non-hydrogen) atoms. The average Bonchev–Trinajstić information content (AvgIpc) is 2.70. The van der Waals surface area contributed by atoms with E-state index in [1.807, 2.05) is 12.1 Å². The zero-order valence-corrected chi connectivity index (χ0v) is 13.1. The standard InChI is InChI=1S/C17H25N3O/c1-19-9-4-10-20(12-11-19)14-16-13-15(5-3-8-18)6-7-17(16)21-2/h6-7,13H,4,8-12,14,18H2,1-2H3. The zero-order chi connectivity index (χ0) is 15.1. The molecule has 1 aliphatic heterocycles. The number of benzene rings is 1. The maximum absolute atomic E-state index is 5.49. The third-order valence-corrected chi connectivity index (χ3v) is 3.82. The van der Waals surface area contributed by atoms with Gasteiger partial charge in [-0.15, -0.1) is 0 Å². The molecule has 0 spiro atoms. The Hall–Kier alpha value is -1.54. The van der Waals surface area contributed by atoms with Gasteiger partial charge in [-0.1, -0.05) is 11.8 Å². The largest absolute Gasteiger partial charge is 0.496 e. The fraction of sp³-hybridized carbons (Fsp3) is 0.529. The summed E-state index contributed by atoms with van der Waals surface area (Å²) in [5, 5.41) is 0. The summed E-state index contributed by atoms with van der Waals surface area (Å²) in [4.78, 5) is 4.88. The Labute approximate surface area is 127 Å². The van der Waals surface area contributed by atoms with Gasteiger partial charge < -0.3 is 15.4 Å². The van der Waals surface area contributed by atoms with Gasteiger partial charge in [0.1, 0.15) is 5.75 Å². The normalized spacial score (nSPS) is 16.9. The lowest BCUT2D eigenvalue weighted by molar-refractivity contribution is 0.265. The molecule has 0 amide bonds. The van der Waals surface area contributed by atoms with Gasteiger partial charge >= 0.3 is 0 Å². The van der Waals surface area contributed by atoms with Gasteiger partial charge in [0.15, 0.2) is 0 Å². The molecule has 0 unspecified atom stereocenters. The lowest BCUT2D eigenvalue weighted by atomic mass is 10.1. The second kappa shape index (κ2) is 8.04. The first-order valence-electron chi connectivity index (χ1n) is 7.49. The Morgan fingerprint density at radius 1 is 1.24 bits per heavy atom. The smallest absolute Gasteiger partial charge is 0.123 e. The zero-order valence-electron chi connectivity index (χ0n) is 13.1. The minimum absolute atomic E-state index is 0.389. The molecular weight excluding hydrogens is 262 g/mol. The van der Waals surface area contributed by atoms with Gasteiger partial charge in [0.2, 0.25) is 0 Å². The quantitative estimate of drug-likeness (QED) is 0.847. The van der Waals surface area contributed by atoms with Crippen LogP contribution in [0.3, 0.4) is 0 Å². The van der Waals surface area contributed by atoms with Crippen LogP contribution < -0.4 is 10.5 Å². The van der Waals surface area contributed by atoms with E-state index < -0.39 is 0 Å². The Kier molecular flexibility index (Phi) is 6.06. The monoisotopic (exact) mass is 287 g/mol. The summed E-state index contributed by atoms with van der Waals surface area (Å²) in [5.41, 5.74) is 7.64. The summed E-state index contributed by atoms with van der Waals surface area (Å²) < 4.78 is 5.49. The van der Waals surface area contributed by atoms with E-state index in [4.69, 9.17) is 10.5 Å². The van der Waals surface area contributed by atoms with Crippen LogP contribution in [0.5, 0.6) is 5.75 Å². The molecule has 4 nitrogen and oxygen atoms in total. The van der Waals surface area contributed by atoms with Gasteiger partial charge in [-0.25, -0.2) is 0 Å². The number of likely N-dealkylation sites (N-methyl/N-ethyl adjacent to an activating group) is 1. The molecule has 1 aromatic carbocycles. The van der Waals surface area contributed by atoms with E-state index in [-0.39, 0.29) is 0 Å². The minimum atomic E-state index is 0.389. The molecule has 0 bridgehead atoms. The van der Waals surface area contributed by atoms with Crippen molar-refractivity contribution in [2.24, 2.45) is 5.73 Å². The van der Waals surface area contributed by atoms with Gasteiger partial charge in [0, 0.05) is 30.8 Å². The Bertz CT molecular complexity index is 519. The molecule has 0 saturated carbocycles. The molecule has 4 heteroatoms. The molecule has 0 atom stereocenters. The van der Waals surface area contributed by atoms with Crippen LogP contribution in [0.25, 0.3) is 0 Å². The van der Waals surface area contributed by atoms with Gasteiger partial charge in [-0.05, 0) is 44.8 Å². The molecule has 114 valence electrons. The van der Waals surface area contributed by atoms with E-state index in [9.17, 15) is 0 Å². The van der Waals surface area contributed by atoms with Crippen LogP contribution in [-0.4, -0.2) is 56.7 Å². The first-order valence-corrected chi connectivity index (χ1v) is 7.49. The summed E-state index contributed by atoms with van der Waals surface area (Å²) in [7, 11) is 3.91. The summed E-state index contributed by atoms with van der Waals surface area (Å²) in [6.07, 6.45) is 1.21. The molecule has 1 aromatic rings. The molecule has 0 aliphatic carbocycles. The highest BCUT2D eigenvalue weighted by Crippen LogP contribution is 2.22. The van der Waals surface area contributed by atoms with Crippen molar-refractivity contribution in [1.82, 2.24) is 9.80 Å². The molecule has 1 aliphatic rings. The van der Waals surface area contributed by atoms with Gasteiger partial charge in [-0.3, -0.25) is 4.90 Å². The van der Waals surface area contributed by atoms with E-state index in [0.717, 1.165) is 37.5 Å². The average molecular weight is 287 g/mol. The predicted octanol–water partition coefficient (Wildman–Crippen LogP) is 1.14. The van der Waals surface area contributed by atoms with E-state index >= 15 is 0 Å². The topological polar surface area (TPSA) is 41.7 Å². The van der Waals surface area contributed by atoms with E-state index in [2.05, 4.69) is 34.8 Å². The van der Waals surface area contributed by atoms with Crippen molar-refractivity contribution < 1.29 is 4.74 Å². The van der Waals surface area contributed by atoms with Crippen LogP contribution in [-0.2, 0) is 6.54 Å². The fourth-order valence-electron chi connectivity index (χ4n) is 2.63. The second-order valence-corrected chi connectivity index (χ2v) is 5.47. The summed E-state index contributed by atoms with van der Waals surface area (Å²) in [6, 6.07) is 6.11. The van der Waals surface area contributed by atoms with E-state index in [1.165, 1.54) is 18.5 Å². The molecule has 0 aromatic heterocycles. The Balaban J connectivity index is 2.12. The van der Waals surface area contributed by atoms with Crippen molar-refractivity contribution in [1.29, 1.82) is 0 Å². The van der Waals surface area contributed by atoms with Crippen LogP contribution in [0.1, 0.15) is 17.5 Å². The summed E-state index contributed by atoms with van der Waals surface area (Å²) in [5.74, 6) is 6.94. The van der Waals surface area contributed by atoms with E-state index in [0.29, 0.717) is 6.54 Å². The lowest BCUT2D eigenvalue weighted by Crippen LogP contribution is -2.28. The van der Waals surface area contributed by atoms with Crippen LogP contribution in [0, 0.1) is 11.8 Å². The van der Waals surface area contributed by atoms with Crippen LogP contribution in [0.15, 0.2) is 18.2 Å². The van der Waals surface area contributed by atoms with E-state index in [1.54, 1.807) is 7.11 Å². The minimum Gasteiger partial charge on any atom is -0.496 e. The molecule has 0 radical (unpaired) electrons. The van der Waals surface area contributed by atoms with Crippen LogP contribution >= 0.6 is 0 Å². The SMILES string of the molecule is COc1ccc(C#CCN)cc1CN1CCCN(C)CC1. The third kappa shape index (κ3) is 4.75. The van der Waals surface area contributed by atoms with Crippen molar-refractivity contribution in [3.8, 4) is 17.6 Å². The maximum Gasteiger partial charge on any atom is 0.123 e. The van der Waals surface area contributed by atoms with Gasteiger partial charge in [-0.2, -0.15) is 0 Å². The highest BCUT2D eigenvalue weighted by molar-refractivity contribution is 5.44. The number of rotatable bonds is 3. The molecule has 1 heterocycles. The number of hydrogen-bond donors (Lipinski definition) is 1. The van der Waals surface area contributed by atoms with Crippen molar-refractivity contribution in [2.75, 3.05) is 46.9 Å². The molecule has 1 fully saturated rings. The molecule has 2 N–H and O–H groups in total. The van der Waals surface area contributed by atoms with Crippen molar-refractivity contribution in [2.45, 2.75) is 13.0 Å². The predicted molar refractivity (Wildman–Crippen MR) is 86.3 cm³/mol. The number of nitrogens with zero attached hydrogens (tertiary/aromatic N) is 2. The molecule has 1 saturated heterocycles. The maximum atomic E-state index is 5.49. The Morgan fingerprint density at radius 3 is 2.86 bits per heavy atom. The first-order chi connectivity index (χ1) is 10.2. The number of nitrogens with two attached hydrogens (primary N) is 1. The van der Waals surface area contributed by atoms with Gasteiger partial charge in [0.05, 0.1) is 13.7 Å². The van der Waals surface area contributed by atoms with Crippen LogP contribution in [0.4, 0.5) is 0 Å². The van der Waals surface area contributed by atoms with Crippen molar-refractivity contribution in [3.05, 3.63) is 29.3 Å². The van der Waals surface area contributed by atoms with Gasteiger partial charge in [0.25, 0.3) is 0 Å². The highest BCUT2D eigenvalue weighted by atomic mass is 16.5. The summed E-state index contributed by atoms with van der Waals surface area (Å²) >= 11 is 0. The lowest BCUT2D eigenvalue weighted by Gasteiger charge is -2.21. The number of hydrogen-bond acceptors (Lipinski definition) is 4. The van der Waals surface area contributed by atoms with Crippen molar-refractivity contribution in [3.63, 3.8) is 0 Å². The first kappa shape index (κ1) is 15.8. The highest BCUT2D eigenvalue weighted by Gasteiger charge is 2.14. The Morgan fingerprint density at radius 2 is 2.10 bits per heavy atom. The van der Waals surface area contributed by atoms with Crippen LogP contribution in [0.2, 0.25) is 0 Å². The van der Waals surface area contributed by atoms with Crippen molar-refractivity contribution >= 4 is 0 Å².